The summed E-state index contributed by atoms with van der Waals surface area (Å²) in [5.41, 5.74) is 3.68. The van der Waals surface area contributed by atoms with Crippen LogP contribution in [0, 0.1) is 27.9 Å². The van der Waals surface area contributed by atoms with E-state index in [1.54, 1.807) is 43.5 Å². The molecule has 336 valence electrons. The maximum Gasteiger partial charge on any atom is 0.412 e. The van der Waals surface area contributed by atoms with Crippen LogP contribution in [0.5, 0.6) is 11.5 Å². The number of ether oxygens (including phenoxy) is 4. The molecule has 0 unspecified atom stereocenters. The van der Waals surface area contributed by atoms with Gasteiger partial charge in [-0.3, -0.25) is 10.1 Å². The molecule has 1 fully saturated rings. The lowest BCUT2D eigenvalue weighted by Gasteiger charge is -2.59. The highest BCUT2D eigenvalue weighted by atomic mass is 16.7. The smallest absolute Gasteiger partial charge is 0.412 e. The van der Waals surface area contributed by atoms with Gasteiger partial charge in [-0.05, 0) is 91.0 Å². The summed E-state index contributed by atoms with van der Waals surface area (Å²) in [5, 5.41) is 38.7. The maximum atomic E-state index is 13.9. The van der Waals surface area contributed by atoms with Crippen molar-refractivity contribution in [2.45, 2.75) is 82.3 Å². The molecular formula is C48H58N4O11. The van der Waals surface area contributed by atoms with E-state index in [2.05, 4.69) is 24.6 Å². The molecule has 1 heterocycles. The Hall–Kier alpha value is -6.03. The second kappa shape index (κ2) is 22.4. The average Bonchev–Trinajstić information content (AvgIpc) is 3.29. The Morgan fingerprint density at radius 3 is 2.44 bits per heavy atom. The molecule has 0 saturated heterocycles. The normalized spacial score (nSPS) is 22.6. The van der Waals surface area contributed by atoms with Crippen molar-refractivity contribution in [1.82, 2.24) is 10.2 Å². The van der Waals surface area contributed by atoms with E-state index in [9.17, 15) is 29.9 Å². The first-order valence-corrected chi connectivity index (χ1v) is 21.6. The van der Waals surface area contributed by atoms with Crippen LogP contribution in [0.1, 0.15) is 74.0 Å². The van der Waals surface area contributed by atoms with Gasteiger partial charge in [-0.15, -0.1) is 13.2 Å². The first kappa shape index (κ1) is 46.5. The van der Waals surface area contributed by atoms with Crippen molar-refractivity contribution in [2.24, 2.45) is 22.9 Å². The van der Waals surface area contributed by atoms with Gasteiger partial charge in [0, 0.05) is 56.8 Å². The number of non-ortho nitro benzene ring substituents is 1. The van der Waals surface area contributed by atoms with Crippen molar-refractivity contribution in [3.05, 3.63) is 137 Å². The number of hydrogen-bond donors (Lipinski definition) is 3. The summed E-state index contributed by atoms with van der Waals surface area (Å²) in [5.74, 6) is -1.78. The molecule has 15 heteroatoms. The molecular weight excluding hydrogens is 809 g/mol. The highest BCUT2D eigenvalue weighted by molar-refractivity contribution is 6.03. The Balaban J connectivity index is 1.48. The summed E-state index contributed by atoms with van der Waals surface area (Å²) >= 11 is 0. The van der Waals surface area contributed by atoms with Crippen LogP contribution < -0.4 is 14.8 Å². The van der Waals surface area contributed by atoms with Crippen molar-refractivity contribution in [1.29, 1.82) is 0 Å². The number of likely N-dealkylation sites (N-methyl/N-ethyl adjacent to an activating group) is 1. The minimum atomic E-state index is -1.51. The first-order chi connectivity index (χ1) is 30.6. The SMILES string of the molecule is C=CCCOC(=O)N(C)[C@H]1CC(=NOCc2ccc([N+](=O)[O-])cc2)C2=C[C@H](CCCCO)[C@@H](CCCCO)[C@@H]3c4cc(OC(=O)NCc5ccccc5)ccc4O[C@@]1(OCC=C)[C@H]23. The second-order valence-electron chi connectivity index (χ2n) is 16.0. The molecule has 3 aromatic rings. The van der Waals surface area contributed by atoms with Crippen LogP contribution in [0.15, 0.2) is 115 Å². The van der Waals surface area contributed by atoms with E-state index in [4.69, 9.17) is 28.9 Å². The summed E-state index contributed by atoms with van der Waals surface area (Å²) < 4.78 is 25.6. The van der Waals surface area contributed by atoms with Crippen LogP contribution in [-0.4, -0.2) is 83.2 Å². The Morgan fingerprint density at radius 2 is 1.75 bits per heavy atom. The predicted molar refractivity (Wildman–Crippen MR) is 236 cm³/mol. The summed E-state index contributed by atoms with van der Waals surface area (Å²) in [4.78, 5) is 45.5. The minimum absolute atomic E-state index is 0.0150. The number of unbranched alkanes of at least 4 members (excludes halogenated alkanes) is 2. The lowest BCUT2D eigenvalue weighted by Crippen LogP contribution is -2.69. The second-order valence-corrected chi connectivity index (χ2v) is 16.0. The number of oxime groups is 1. The summed E-state index contributed by atoms with van der Waals surface area (Å²) in [6.07, 6.45) is 8.99. The van der Waals surface area contributed by atoms with Gasteiger partial charge in [-0.1, -0.05) is 66.6 Å². The molecule has 2 amide bonds. The van der Waals surface area contributed by atoms with Gasteiger partial charge in [0.05, 0.1) is 29.8 Å². The Morgan fingerprint density at radius 1 is 1.00 bits per heavy atom. The number of allylic oxidation sites excluding steroid dienone is 1. The number of aliphatic hydroxyl groups excluding tert-OH is 2. The number of nitrogens with one attached hydrogen (secondary N) is 1. The summed E-state index contributed by atoms with van der Waals surface area (Å²) in [7, 11) is 1.64. The fraction of sp³-hybridized carbons (Fsp3) is 0.438. The number of carbonyl (C=O) groups is 2. The van der Waals surface area contributed by atoms with E-state index in [0.717, 1.165) is 36.0 Å². The third-order valence-corrected chi connectivity index (χ3v) is 12.0. The van der Waals surface area contributed by atoms with Crippen LogP contribution in [0.4, 0.5) is 15.3 Å². The number of carbonyl (C=O) groups excluding carboxylic acids is 2. The summed E-state index contributed by atoms with van der Waals surface area (Å²) in [6, 6.07) is 20.0. The molecule has 15 nitrogen and oxygen atoms in total. The van der Waals surface area contributed by atoms with Crippen molar-refractivity contribution in [3.8, 4) is 11.5 Å². The van der Waals surface area contributed by atoms with Crippen molar-refractivity contribution in [3.63, 3.8) is 0 Å². The number of nitro groups is 1. The molecule has 0 aromatic heterocycles. The lowest BCUT2D eigenvalue weighted by atomic mass is 9.55. The van der Waals surface area contributed by atoms with Crippen LogP contribution >= 0.6 is 0 Å². The fourth-order valence-corrected chi connectivity index (χ4v) is 9.06. The molecule has 0 bridgehead atoms. The van der Waals surface area contributed by atoms with Crippen LogP contribution in [0.25, 0.3) is 0 Å². The van der Waals surface area contributed by atoms with Gasteiger partial charge >= 0.3 is 12.2 Å². The molecule has 2 aliphatic carbocycles. The fourth-order valence-electron chi connectivity index (χ4n) is 9.06. The Bertz CT molecular complexity index is 2110. The zero-order chi connectivity index (χ0) is 44.8. The van der Waals surface area contributed by atoms with E-state index in [-0.39, 0.29) is 69.4 Å². The average molecular weight is 867 g/mol. The van der Waals surface area contributed by atoms with Gasteiger partial charge < -0.3 is 44.2 Å². The van der Waals surface area contributed by atoms with Gasteiger partial charge in [0.2, 0.25) is 5.79 Å². The lowest BCUT2D eigenvalue weighted by molar-refractivity contribution is -0.384. The largest absolute Gasteiger partial charge is 0.459 e. The number of rotatable bonds is 22. The van der Waals surface area contributed by atoms with Gasteiger partial charge in [0.25, 0.3) is 5.69 Å². The van der Waals surface area contributed by atoms with Gasteiger partial charge in [0.15, 0.2) is 0 Å². The molecule has 0 radical (unpaired) electrons. The molecule has 6 rings (SSSR count). The van der Waals surface area contributed by atoms with Crippen molar-refractivity contribution in [2.75, 3.05) is 33.5 Å². The molecule has 6 atom stereocenters. The van der Waals surface area contributed by atoms with E-state index >= 15 is 0 Å². The summed E-state index contributed by atoms with van der Waals surface area (Å²) in [6.45, 7) is 8.26. The monoisotopic (exact) mass is 866 g/mol. The van der Waals surface area contributed by atoms with Gasteiger partial charge in [-0.2, -0.15) is 0 Å². The number of fused-ring (bicyclic) bond motifs is 2. The maximum absolute atomic E-state index is 13.9. The Labute approximate surface area is 368 Å². The van der Waals surface area contributed by atoms with Gasteiger partial charge in [-0.25, -0.2) is 9.59 Å². The number of nitro benzene ring substituents is 1. The number of amides is 2. The number of hydrogen-bond acceptors (Lipinski definition) is 12. The molecule has 1 saturated carbocycles. The standard InChI is InChI=1S/C48H58N4O11/c1-4-6-27-59-47(56)51(3)43-30-41(50-61-32-34-18-20-36(21-19-34)52(57)58)39-28-35(16-10-12-24-53)38(17-11-13-25-54)44-40-29-37(62-46(55)49-31-33-14-8-7-9-15-33)22-23-42(40)63-48(43,45(39)44)60-26-5-2/h4-5,7-9,14-15,18-23,28-29,35,38,43-45,53-54H,1-2,6,10-13,16-17,24-27,30-32H2,3H3,(H,49,55)/t35-,38+,43-,44+,45+,48+/m0/s1. The molecule has 0 spiro atoms. The predicted octanol–water partition coefficient (Wildman–Crippen LogP) is 8.36. The number of nitrogens with zero attached hydrogens (tertiary/aromatic N) is 3. The van der Waals surface area contributed by atoms with Crippen molar-refractivity contribution >= 4 is 23.6 Å². The highest BCUT2D eigenvalue weighted by Crippen LogP contribution is 2.61. The first-order valence-electron chi connectivity index (χ1n) is 21.6. The quantitative estimate of drug-likeness (QED) is 0.0381. The van der Waals surface area contributed by atoms with Crippen molar-refractivity contribution < 1.29 is 48.5 Å². The third kappa shape index (κ3) is 11.1. The molecule has 1 aliphatic heterocycles. The molecule has 3 N–H and O–H groups in total. The third-order valence-electron chi connectivity index (χ3n) is 12.0. The zero-order valence-electron chi connectivity index (χ0n) is 35.8. The highest BCUT2D eigenvalue weighted by Gasteiger charge is 2.65. The number of benzene rings is 3. The van der Waals surface area contributed by atoms with E-state index in [1.165, 1.54) is 17.0 Å². The van der Waals surface area contributed by atoms with Crippen LogP contribution in [0.2, 0.25) is 0 Å². The van der Waals surface area contributed by atoms with Gasteiger partial charge in [0.1, 0.15) is 24.1 Å². The van der Waals surface area contributed by atoms with Crippen LogP contribution in [-0.2, 0) is 27.5 Å². The molecule has 3 aromatic carbocycles. The Kier molecular flexibility index (Phi) is 16.5. The molecule has 3 aliphatic rings. The number of aliphatic hydroxyl groups is 2. The molecule has 63 heavy (non-hydrogen) atoms. The zero-order valence-corrected chi connectivity index (χ0v) is 35.8. The van der Waals surface area contributed by atoms with E-state index in [1.807, 2.05) is 36.4 Å². The topological polar surface area (TPSA) is 192 Å². The van der Waals surface area contributed by atoms with Crippen LogP contribution in [0.3, 0.4) is 0 Å². The minimum Gasteiger partial charge on any atom is -0.459 e. The van der Waals surface area contributed by atoms with E-state index < -0.39 is 34.9 Å². The van der Waals surface area contributed by atoms with E-state index in [0.29, 0.717) is 48.5 Å².